The van der Waals surface area contributed by atoms with Crippen molar-refractivity contribution in [1.29, 1.82) is 0 Å². The van der Waals surface area contributed by atoms with Crippen LogP contribution in [0.4, 0.5) is 10.6 Å². The summed E-state index contributed by atoms with van der Waals surface area (Å²) >= 11 is 0. The third-order valence-electron chi connectivity index (χ3n) is 1.42. The zero-order valence-corrected chi connectivity index (χ0v) is 9.07. The number of carbonyl (C=O) groups excluding carboxylic acids is 1. The van der Waals surface area contributed by atoms with Crippen LogP contribution in [0, 0.1) is 0 Å². The molecular formula is C10H15N3O2. The predicted octanol–water partition coefficient (Wildman–Crippen LogP) is 1.55. The molecule has 1 aromatic heterocycles. The topological polar surface area (TPSA) is 77.2 Å². The quantitative estimate of drug-likeness (QED) is 0.735. The lowest BCUT2D eigenvalue weighted by Crippen LogP contribution is -2.42. The highest BCUT2D eigenvalue weighted by molar-refractivity contribution is 5.70. The van der Waals surface area contributed by atoms with Gasteiger partial charge in [-0.15, -0.1) is 0 Å². The van der Waals surface area contributed by atoms with Gasteiger partial charge in [-0.05, 0) is 26.8 Å². The standard InChI is InChI=1S/C10H15N3O2/c1-10(2,3)13-9(14)15-8-6-4-5-7(11)12-8/h4-6H,1-3H3,(H2,11,12)(H,13,14). The molecule has 1 aromatic rings. The molecule has 5 nitrogen and oxygen atoms in total. The van der Waals surface area contributed by atoms with Crippen molar-refractivity contribution >= 4 is 11.9 Å². The smallest absolute Gasteiger partial charge is 0.391 e. The summed E-state index contributed by atoms with van der Waals surface area (Å²) in [5.74, 6) is 0.507. The Morgan fingerprint density at radius 1 is 1.47 bits per heavy atom. The maximum absolute atomic E-state index is 11.3. The molecule has 15 heavy (non-hydrogen) atoms. The van der Waals surface area contributed by atoms with Crippen LogP contribution in [0.1, 0.15) is 20.8 Å². The number of nitrogens with zero attached hydrogens (tertiary/aromatic N) is 1. The zero-order chi connectivity index (χ0) is 11.5. The first kappa shape index (κ1) is 11.3. The van der Waals surface area contributed by atoms with Gasteiger partial charge in [0.05, 0.1) is 0 Å². The molecule has 1 heterocycles. The number of anilines is 1. The summed E-state index contributed by atoms with van der Waals surface area (Å²) in [7, 11) is 0. The number of carbonyl (C=O) groups is 1. The van der Waals surface area contributed by atoms with Gasteiger partial charge < -0.3 is 15.8 Å². The Hall–Kier alpha value is -1.78. The molecule has 0 spiro atoms. The van der Waals surface area contributed by atoms with Crippen molar-refractivity contribution in [1.82, 2.24) is 10.3 Å². The summed E-state index contributed by atoms with van der Waals surface area (Å²) in [5.41, 5.74) is 5.10. The Morgan fingerprint density at radius 3 is 2.67 bits per heavy atom. The molecule has 82 valence electrons. The molecule has 0 unspecified atom stereocenters. The number of aromatic nitrogens is 1. The highest BCUT2D eigenvalue weighted by Gasteiger charge is 2.15. The number of ether oxygens (including phenoxy) is 1. The lowest BCUT2D eigenvalue weighted by molar-refractivity contribution is 0.189. The van der Waals surface area contributed by atoms with Crippen molar-refractivity contribution in [3.63, 3.8) is 0 Å². The first-order chi connectivity index (χ1) is 6.87. The molecule has 5 heteroatoms. The van der Waals surface area contributed by atoms with Gasteiger partial charge in [-0.1, -0.05) is 6.07 Å². The summed E-state index contributed by atoms with van der Waals surface area (Å²) in [5, 5.41) is 2.65. The molecular weight excluding hydrogens is 194 g/mol. The van der Waals surface area contributed by atoms with E-state index in [1.54, 1.807) is 18.2 Å². The fourth-order valence-corrected chi connectivity index (χ4v) is 0.914. The van der Waals surface area contributed by atoms with Gasteiger partial charge in [-0.3, -0.25) is 0 Å². The van der Waals surface area contributed by atoms with E-state index in [4.69, 9.17) is 10.5 Å². The van der Waals surface area contributed by atoms with E-state index in [1.165, 1.54) is 0 Å². The summed E-state index contributed by atoms with van der Waals surface area (Å²) in [6.07, 6.45) is -0.541. The van der Waals surface area contributed by atoms with Crippen LogP contribution in [0.15, 0.2) is 18.2 Å². The summed E-state index contributed by atoms with van der Waals surface area (Å²) in [6, 6.07) is 4.86. The fraction of sp³-hybridized carbons (Fsp3) is 0.400. The monoisotopic (exact) mass is 209 g/mol. The van der Waals surface area contributed by atoms with Gasteiger partial charge in [0, 0.05) is 11.6 Å². The number of hydrogen-bond donors (Lipinski definition) is 2. The van der Waals surface area contributed by atoms with E-state index >= 15 is 0 Å². The molecule has 0 atom stereocenters. The van der Waals surface area contributed by atoms with Crippen LogP contribution in [-0.2, 0) is 0 Å². The Labute approximate surface area is 88.6 Å². The van der Waals surface area contributed by atoms with E-state index in [-0.39, 0.29) is 11.4 Å². The molecule has 0 aliphatic heterocycles. The van der Waals surface area contributed by atoms with Gasteiger partial charge in [0.2, 0.25) is 5.88 Å². The van der Waals surface area contributed by atoms with Crippen LogP contribution in [0.2, 0.25) is 0 Å². The Kier molecular flexibility index (Phi) is 3.14. The average molecular weight is 209 g/mol. The summed E-state index contributed by atoms with van der Waals surface area (Å²) < 4.78 is 4.93. The molecule has 0 aromatic carbocycles. The minimum absolute atomic E-state index is 0.191. The molecule has 1 amide bonds. The van der Waals surface area contributed by atoms with Gasteiger partial charge in [-0.25, -0.2) is 4.79 Å². The lowest BCUT2D eigenvalue weighted by Gasteiger charge is -2.19. The Balaban J connectivity index is 2.59. The van der Waals surface area contributed by atoms with E-state index in [9.17, 15) is 4.79 Å². The predicted molar refractivity (Wildman–Crippen MR) is 57.6 cm³/mol. The van der Waals surface area contributed by atoms with Gasteiger partial charge in [0.25, 0.3) is 0 Å². The van der Waals surface area contributed by atoms with Crippen molar-refractivity contribution in [3.05, 3.63) is 18.2 Å². The Bertz CT molecular complexity index is 358. The largest absolute Gasteiger partial charge is 0.414 e. The van der Waals surface area contributed by atoms with Crippen LogP contribution in [0.25, 0.3) is 0 Å². The van der Waals surface area contributed by atoms with Crippen molar-refractivity contribution in [2.75, 3.05) is 5.73 Å². The minimum Gasteiger partial charge on any atom is -0.391 e. The van der Waals surface area contributed by atoms with Crippen molar-refractivity contribution in [2.24, 2.45) is 0 Å². The van der Waals surface area contributed by atoms with Gasteiger partial charge >= 0.3 is 6.09 Å². The first-order valence-corrected chi connectivity index (χ1v) is 4.59. The number of nitrogen functional groups attached to an aromatic ring is 1. The van der Waals surface area contributed by atoms with Crippen LogP contribution < -0.4 is 15.8 Å². The third-order valence-corrected chi connectivity index (χ3v) is 1.42. The van der Waals surface area contributed by atoms with Crippen LogP contribution >= 0.6 is 0 Å². The Morgan fingerprint density at radius 2 is 2.13 bits per heavy atom. The highest BCUT2D eigenvalue weighted by Crippen LogP contribution is 2.09. The average Bonchev–Trinajstić information content (AvgIpc) is 1.99. The number of rotatable bonds is 1. The maximum atomic E-state index is 11.3. The van der Waals surface area contributed by atoms with E-state index in [0.717, 1.165) is 0 Å². The molecule has 0 aliphatic carbocycles. The molecule has 3 N–H and O–H groups in total. The second-order valence-electron chi connectivity index (χ2n) is 4.17. The molecule has 0 saturated heterocycles. The lowest BCUT2D eigenvalue weighted by atomic mass is 10.1. The zero-order valence-electron chi connectivity index (χ0n) is 9.07. The maximum Gasteiger partial charge on any atom is 0.414 e. The van der Waals surface area contributed by atoms with Gasteiger partial charge in [0.15, 0.2) is 0 Å². The van der Waals surface area contributed by atoms with Crippen LogP contribution in [0.5, 0.6) is 5.88 Å². The molecule has 0 radical (unpaired) electrons. The summed E-state index contributed by atoms with van der Waals surface area (Å²) in [4.78, 5) is 15.2. The van der Waals surface area contributed by atoms with Crippen LogP contribution in [0.3, 0.4) is 0 Å². The van der Waals surface area contributed by atoms with E-state index in [0.29, 0.717) is 5.82 Å². The van der Waals surface area contributed by atoms with E-state index in [1.807, 2.05) is 20.8 Å². The van der Waals surface area contributed by atoms with E-state index < -0.39 is 6.09 Å². The second kappa shape index (κ2) is 4.16. The first-order valence-electron chi connectivity index (χ1n) is 4.59. The van der Waals surface area contributed by atoms with Gasteiger partial charge in [0.1, 0.15) is 5.82 Å². The number of nitrogens with two attached hydrogens (primary N) is 1. The number of pyridine rings is 1. The third kappa shape index (κ3) is 4.30. The molecule has 1 rings (SSSR count). The number of amides is 1. The summed E-state index contributed by atoms with van der Waals surface area (Å²) in [6.45, 7) is 5.59. The minimum atomic E-state index is -0.541. The van der Waals surface area contributed by atoms with Crippen molar-refractivity contribution in [2.45, 2.75) is 26.3 Å². The highest BCUT2D eigenvalue weighted by atomic mass is 16.6. The molecule has 0 aliphatic rings. The number of nitrogens with one attached hydrogen (secondary N) is 1. The SMILES string of the molecule is CC(C)(C)NC(=O)Oc1cccc(N)n1. The fourth-order valence-electron chi connectivity index (χ4n) is 0.914. The molecule has 0 bridgehead atoms. The molecule has 0 fully saturated rings. The van der Waals surface area contributed by atoms with Crippen molar-refractivity contribution in [3.8, 4) is 5.88 Å². The normalized spacial score (nSPS) is 10.9. The van der Waals surface area contributed by atoms with Crippen molar-refractivity contribution < 1.29 is 9.53 Å². The van der Waals surface area contributed by atoms with Crippen LogP contribution in [-0.4, -0.2) is 16.6 Å². The number of hydrogen-bond acceptors (Lipinski definition) is 4. The van der Waals surface area contributed by atoms with Gasteiger partial charge in [-0.2, -0.15) is 4.98 Å². The van der Waals surface area contributed by atoms with E-state index in [2.05, 4.69) is 10.3 Å². The molecule has 0 saturated carbocycles. The second-order valence-corrected chi connectivity index (χ2v) is 4.17.